The zero-order valence-corrected chi connectivity index (χ0v) is 7.83. The van der Waals surface area contributed by atoms with Crippen molar-refractivity contribution in [1.82, 2.24) is 9.55 Å². The number of aromatic nitrogens is 2. The third-order valence-electron chi connectivity index (χ3n) is 2.69. The highest BCUT2D eigenvalue weighted by molar-refractivity contribution is 5.27. The average Bonchev–Trinajstić information content (AvgIpc) is 2.51. The first-order chi connectivity index (χ1) is 5.65. The third kappa shape index (κ3) is 1.00. The number of hydrogen-bond acceptors (Lipinski definition) is 2. The molecule has 3 nitrogen and oxygen atoms in total. The number of anilines is 1. The highest BCUT2D eigenvalue weighted by atomic mass is 15.2. The molecule has 0 aliphatic heterocycles. The van der Waals surface area contributed by atoms with E-state index in [2.05, 4.69) is 28.7 Å². The second-order valence-corrected chi connectivity index (χ2v) is 4.12. The zero-order chi connectivity index (χ0) is 8.77. The summed E-state index contributed by atoms with van der Waals surface area (Å²) in [5, 5.41) is 3.09. The number of rotatable bonds is 2. The Balaban J connectivity index is 2.24. The average molecular weight is 165 g/mol. The van der Waals surface area contributed by atoms with E-state index in [0.29, 0.717) is 11.5 Å². The van der Waals surface area contributed by atoms with E-state index in [4.69, 9.17) is 0 Å². The molecule has 1 heterocycles. The molecule has 1 N–H and O–H groups in total. The van der Waals surface area contributed by atoms with Gasteiger partial charge in [-0.05, 0) is 11.8 Å². The van der Waals surface area contributed by atoms with Crippen molar-refractivity contribution in [3.63, 3.8) is 0 Å². The van der Waals surface area contributed by atoms with E-state index in [0.717, 1.165) is 5.95 Å². The lowest BCUT2D eigenvalue weighted by Gasteiger charge is -2.08. The van der Waals surface area contributed by atoms with Crippen LogP contribution in [0.1, 0.15) is 26.3 Å². The molecule has 1 unspecified atom stereocenters. The second kappa shape index (κ2) is 2.25. The van der Waals surface area contributed by atoms with Crippen molar-refractivity contribution >= 4 is 5.95 Å². The summed E-state index contributed by atoms with van der Waals surface area (Å²) in [6.07, 6.45) is 5.16. The molecule has 12 heavy (non-hydrogen) atoms. The fourth-order valence-electron chi connectivity index (χ4n) is 1.67. The molecule has 1 aromatic rings. The monoisotopic (exact) mass is 165 g/mol. The first kappa shape index (κ1) is 7.65. The van der Waals surface area contributed by atoms with E-state index in [9.17, 15) is 0 Å². The summed E-state index contributed by atoms with van der Waals surface area (Å²) >= 11 is 0. The number of imidazole rings is 1. The van der Waals surface area contributed by atoms with Gasteiger partial charge in [-0.15, -0.1) is 0 Å². The largest absolute Gasteiger partial charge is 0.359 e. The van der Waals surface area contributed by atoms with E-state index >= 15 is 0 Å². The minimum atomic E-state index is 0.465. The summed E-state index contributed by atoms with van der Waals surface area (Å²) in [6, 6.07) is 0.641. The van der Waals surface area contributed by atoms with Gasteiger partial charge in [0.05, 0.1) is 0 Å². The van der Waals surface area contributed by atoms with Crippen molar-refractivity contribution in [2.24, 2.45) is 5.41 Å². The Hall–Kier alpha value is -0.990. The number of nitrogens with one attached hydrogen (secondary N) is 1. The molecule has 1 aliphatic carbocycles. The van der Waals surface area contributed by atoms with Gasteiger partial charge < -0.3 is 9.88 Å². The van der Waals surface area contributed by atoms with Gasteiger partial charge in [-0.1, -0.05) is 13.8 Å². The summed E-state index contributed by atoms with van der Waals surface area (Å²) in [5.74, 6) is 0.977. The molecule has 1 aromatic heterocycles. The normalized spacial score (nSPS) is 25.4. The minimum absolute atomic E-state index is 0.465. The van der Waals surface area contributed by atoms with Gasteiger partial charge in [-0.25, -0.2) is 4.98 Å². The van der Waals surface area contributed by atoms with E-state index < -0.39 is 0 Å². The topological polar surface area (TPSA) is 29.9 Å². The van der Waals surface area contributed by atoms with Gasteiger partial charge in [0.15, 0.2) is 0 Å². The van der Waals surface area contributed by atoms with Gasteiger partial charge in [0, 0.05) is 25.5 Å². The second-order valence-electron chi connectivity index (χ2n) is 4.12. The Morgan fingerprint density at radius 3 is 2.83 bits per heavy atom. The van der Waals surface area contributed by atoms with E-state index in [-0.39, 0.29) is 0 Å². The van der Waals surface area contributed by atoms with Crippen LogP contribution in [0.4, 0.5) is 5.95 Å². The standard InChI is InChI=1S/C9H15N3/c1-9(2)6-7(9)12-5-4-11-8(12)10-3/h4-5,7H,6H2,1-3H3,(H,10,11). The lowest BCUT2D eigenvalue weighted by molar-refractivity contribution is 0.544. The molecule has 1 fully saturated rings. The highest BCUT2D eigenvalue weighted by Gasteiger charge is 2.47. The first-order valence-electron chi connectivity index (χ1n) is 4.36. The van der Waals surface area contributed by atoms with Crippen LogP contribution in [-0.4, -0.2) is 16.6 Å². The Morgan fingerprint density at radius 2 is 2.33 bits per heavy atom. The van der Waals surface area contributed by atoms with Gasteiger partial charge in [0.1, 0.15) is 0 Å². The maximum absolute atomic E-state index is 4.21. The van der Waals surface area contributed by atoms with Crippen LogP contribution in [0.3, 0.4) is 0 Å². The molecule has 1 atom stereocenters. The van der Waals surface area contributed by atoms with Crippen LogP contribution in [0, 0.1) is 5.41 Å². The molecule has 1 saturated carbocycles. The quantitative estimate of drug-likeness (QED) is 0.725. The SMILES string of the molecule is CNc1nccn1C1CC1(C)C. The molecular weight excluding hydrogens is 150 g/mol. The summed E-state index contributed by atoms with van der Waals surface area (Å²) in [7, 11) is 1.91. The smallest absolute Gasteiger partial charge is 0.202 e. The minimum Gasteiger partial charge on any atom is -0.359 e. The van der Waals surface area contributed by atoms with Crippen LogP contribution < -0.4 is 5.32 Å². The van der Waals surface area contributed by atoms with Gasteiger partial charge in [0.2, 0.25) is 5.95 Å². The van der Waals surface area contributed by atoms with Crippen LogP contribution in [0.15, 0.2) is 12.4 Å². The Kier molecular flexibility index (Phi) is 1.43. The molecule has 0 amide bonds. The lowest BCUT2D eigenvalue weighted by Crippen LogP contribution is -2.04. The Labute approximate surface area is 72.8 Å². The molecule has 2 rings (SSSR count). The summed E-state index contributed by atoms with van der Waals surface area (Å²) in [4.78, 5) is 4.21. The van der Waals surface area contributed by atoms with Crippen molar-refractivity contribution in [3.8, 4) is 0 Å². The maximum Gasteiger partial charge on any atom is 0.202 e. The van der Waals surface area contributed by atoms with Crippen LogP contribution in [0.2, 0.25) is 0 Å². The molecule has 0 saturated heterocycles. The molecule has 3 heteroatoms. The van der Waals surface area contributed by atoms with Crippen molar-refractivity contribution < 1.29 is 0 Å². The zero-order valence-electron chi connectivity index (χ0n) is 7.83. The highest BCUT2D eigenvalue weighted by Crippen LogP contribution is 2.56. The molecular formula is C9H15N3. The van der Waals surface area contributed by atoms with Gasteiger partial charge in [-0.2, -0.15) is 0 Å². The lowest BCUT2D eigenvalue weighted by atomic mass is 10.2. The van der Waals surface area contributed by atoms with Crippen molar-refractivity contribution in [3.05, 3.63) is 12.4 Å². The third-order valence-corrected chi connectivity index (χ3v) is 2.69. The van der Waals surface area contributed by atoms with Gasteiger partial charge in [-0.3, -0.25) is 0 Å². The maximum atomic E-state index is 4.21. The van der Waals surface area contributed by atoms with E-state index in [1.807, 2.05) is 19.4 Å². The molecule has 0 radical (unpaired) electrons. The summed E-state index contributed by atoms with van der Waals surface area (Å²) in [6.45, 7) is 4.58. The molecule has 1 aliphatic rings. The van der Waals surface area contributed by atoms with E-state index in [1.54, 1.807) is 0 Å². The predicted molar refractivity (Wildman–Crippen MR) is 49.2 cm³/mol. The first-order valence-corrected chi connectivity index (χ1v) is 4.36. The van der Waals surface area contributed by atoms with Crippen LogP contribution in [0.5, 0.6) is 0 Å². The summed E-state index contributed by atoms with van der Waals surface area (Å²) < 4.78 is 2.22. The van der Waals surface area contributed by atoms with Gasteiger partial charge >= 0.3 is 0 Å². The predicted octanol–water partition coefficient (Wildman–Crippen LogP) is 1.90. The van der Waals surface area contributed by atoms with Crippen LogP contribution in [0.25, 0.3) is 0 Å². The van der Waals surface area contributed by atoms with Crippen LogP contribution >= 0.6 is 0 Å². The Morgan fingerprint density at radius 1 is 1.67 bits per heavy atom. The van der Waals surface area contributed by atoms with E-state index in [1.165, 1.54) is 6.42 Å². The molecule has 0 spiro atoms. The number of hydrogen-bond donors (Lipinski definition) is 1. The van der Waals surface area contributed by atoms with Crippen LogP contribution in [-0.2, 0) is 0 Å². The fourth-order valence-corrected chi connectivity index (χ4v) is 1.67. The van der Waals surface area contributed by atoms with Crippen molar-refractivity contribution in [2.45, 2.75) is 26.3 Å². The molecule has 66 valence electrons. The molecule has 0 bridgehead atoms. The Bertz CT molecular complexity index is 288. The number of nitrogens with zero attached hydrogens (tertiary/aromatic N) is 2. The summed E-state index contributed by atoms with van der Waals surface area (Å²) in [5.41, 5.74) is 0.465. The van der Waals surface area contributed by atoms with Crippen molar-refractivity contribution in [2.75, 3.05) is 12.4 Å². The fraction of sp³-hybridized carbons (Fsp3) is 0.667. The molecule has 0 aromatic carbocycles. The van der Waals surface area contributed by atoms with Gasteiger partial charge in [0.25, 0.3) is 0 Å². The van der Waals surface area contributed by atoms with Crippen molar-refractivity contribution in [1.29, 1.82) is 0 Å².